The second kappa shape index (κ2) is 5.03. The summed E-state index contributed by atoms with van der Waals surface area (Å²) in [6, 6.07) is 3.23. The fourth-order valence-electron chi connectivity index (χ4n) is 1.86. The van der Waals surface area contributed by atoms with Crippen LogP contribution in [0.5, 0.6) is 0 Å². The number of hydrogen-bond acceptors (Lipinski definition) is 3. The Morgan fingerprint density at radius 1 is 1.50 bits per heavy atom. The molecule has 1 aliphatic heterocycles. The summed E-state index contributed by atoms with van der Waals surface area (Å²) in [6.07, 6.45) is 1.36. The topological polar surface area (TPSA) is 84.2 Å². The number of nitrogen functional groups attached to an aromatic ring is 1. The van der Waals surface area contributed by atoms with Gasteiger partial charge < -0.3 is 16.4 Å². The van der Waals surface area contributed by atoms with Gasteiger partial charge in [0.05, 0.1) is 5.56 Å². The number of carbonyl (C=O) groups is 2. The Hall–Kier alpha value is -2.11. The van der Waals surface area contributed by atoms with Crippen molar-refractivity contribution in [2.24, 2.45) is 0 Å². The molecule has 0 spiro atoms. The molecule has 2 amide bonds. The van der Waals surface area contributed by atoms with Crippen molar-refractivity contribution >= 4 is 17.5 Å². The van der Waals surface area contributed by atoms with Crippen molar-refractivity contribution in [3.05, 3.63) is 29.6 Å². The number of anilines is 1. The monoisotopic (exact) mass is 251 g/mol. The zero-order valence-corrected chi connectivity index (χ0v) is 9.70. The van der Waals surface area contributed by atoms with E-state index in [0.717, 1.165) is 12.5 Å². The first-order chi connectivity index (χ1) is 8.58. The first-order valence-corrected chi connectivity index (χ1v) is 5.71. The number of benzene rings is 1. The lowest BCUT2D eigenvalue weighted by atomic mass is 10.1. The Labute approximate surface area is 104 Å². The van der Waals surface area contributed by atoms with Gasteiger partial charge in [0.25, 0.3) is 5.91 Å². The van der Waals surface area contributed by atoms with E-state index in [1.54, 1.807) is 0 Å². The average molecular weight is 251 g/mol. The second-order valence-corrected chi connectivity index (χ2v) is 4.20. The SMILES string of the molecule is Nc1ccc(C(=O)NC2CCCNC2=O)c(F)c1. The summed E-state index contributed by atoms with van der Waals surface area (Å²) < 4.78 is 13.5. The van der Waals surface area contributed by atoms with Gasteiger partial charge in [0.2, 0.25) is 5.91 Å². The normalized spacial score (nSPS) is 19.2. The van der Waals surface area contributed by atoms with Crippen molar-refractivity contribution in [2.75, 3.05) is 12.3 Å². The van der Waals surface area contributed by atoms with E-state index in [0.29, 0.717) is 13.0 Å². The fraction of sp³-hybridized carbons (Fsp3) is 0.333. The van der Waals surface area contributed by atoms with Crippen LogP contribution in [0.3, 0.4) is 0 Å². The largest absolute Gasteiger partial charge is 0.399 e. The molecular weight excluding hydrogens is 237 g/mol. The number of nitrogens with one attached hydrogen (secondary N) is 2. The molecule has 1 heterocycles. The Bertz CT molecular complexity index is 490. The predicted octanol–water partition coefficient (Wildman–Crippen LogP) is 0.416. The van der Waals surface area contributed by atoms with Crippen LogP contribution in [-0.2, 0) is 4.79 Å². The van der Waals surface area contributed by atoms with Crippen LogP contribution in [0.4, 0.5) is 10.1 Å². The molecule has 6 heteroatoms. The average Bonchev–Trinajstić information content (AvgIpc) is 2.32. The second-order valence-electron chi connectivity index (χ2n) is 4.20. The molecular formula is C12H14FN3O2. The summed E-state index contributed by atoms with van der Waals surface area (Å²) in [5, 5.41) is 5.16. The lowest BCUT2D eigenvalue weighted by Gasteiger charge is -2.22. The van der Waals surface area contributed by atoms with Crippen LogP contribution >= 0.6 is 0 Å². The number of carbonyl (C=O) groups excluding carboxylic acids is 2. The zero-order valence-electron chi connectivity index (χ0n) is 9.70. The minimum Gasteiger partial charge on any atom is -0.399 e. The van der Waals surface area contributed by atoms with E-state index < -0.39 is 17.8 Å². The highest BCUT2D eigenvalue weighted by Gasteiger charge is 2.24. The lowest BCUT2D eigenvalue weighted by molar-refractivity contribution is -0.124. The molecule has 5 nitrogen and oxygen atoms in total. The van der Waals surface area contributed by atoms with E-state index in [1.807, 2.05) is 0 Å². The van der Waals surface area contributed by atoms with Crippen LogP contribution in [0, 0.1) is 5.82 Å². The van der Waals surface area contributed by atoms with Gasteiger partial charge in [0, 0.05) is 12.2 Å². The Morgan fingerprint density at radius 3 is 2.94 bits per heavy atom. The molecule has 96 valence electrons. The standard InChI is InChI=1S/C12H14FN3O2/c13-9-6-7(14)3-4-8(9)11(17)16-10-2-1-5-15-12(10)18/h3-4,6,10H,1-2,5,14H2,(H,15,18)(H,16,17). The van der Waals surface area contributed by atoms with Crippen molar-refractivity contribution < 1.29 is 14.0 Å². The van der Waals surface area contributed by atoms with E-state index in [9.17, 15) is 14.0 Å². The minimum absolute atomic E-state index is 0.109. The third-order valence-corrected chi connectivity index (χ3v) is 2.83. The summed E-state index contributed by atoms with van der Waals surface area (Å²) in [5.41, 5.74) is 5.54. The van der Waals surface area contributed by atoms with Gasteiger partial charge in [-0.05, 0) is 31.0 Å². The molecule has 2 rings (SSSR count). The number of piperidine rings is 1. The van der Waals surface area contributed by atoms with Crippen molar-refractivity contribution in [1.29, 1.82) is 0 Å². The molecule has 1 aromatic rings. The Morgan fingerprint density at radius 2 is 2.28 bits per heavy atom. The van der Waals surface area contributed by atoms with Crippen molar-refractivity contribution in [1.82, 2.24) is 10.6 Å². The molecule has 0 radical (unpaired) electrons. The summed E-state index contributed by atoms with van der Waals surface area (Å²) in [7, 11) is 0. The van der Waals surface area contributed by atoms with Gasteiger partial charge in [-0.15, -0.1) is 0 Å². The van der Waals surface area contributed by atoms with Crippen LogP contribution in [0.2, 0.25) is 0 Å². The van der Waals surface area contributed by atoms with Crippen LogP contribution in [0.15, 0.2) is 18.2 Å². The summed E-state index contributed by atoms with van der Waals surface area (Å²) >= 11 is 0. The maximum Gasteiger partial charge on any atom is 0.254 e. The summed E-state index contributed by atoms with van der Waals surface area (Å²) in [5.74, 6) is -1.52. The predicted molar refractivity (Wildman–Crippen MR) is 64.3 cm³/mol. The molecule has 0 saturated carbocycles. The minimum atomic E-state index is -0.691. The molecule has 1 atom stereocenters. The number of halogens is 1. The van der Waals surface area contributed by atoms with Gasteiger partial charge in [-0.25, -0.2) is 4.39 Å². The molecule has 1 fully saturated rings. The van der Waals surface area contributed by atoms with E-state index in [2.05, 4.69) is 10.6 Å². The third kappa shape index (κ3) is 2.58. The molecule has 18 heavy (non-hydrogen) atoms. The maximum atomic E-state index is 13.5. The van der Waals surface area contributed by atoms with Crippen molar-refractivity contribution in [3.63, 3.8) is 0 Å². The number of amides is 2. The highest BCUT2D eigenvalue weighted by Crippen LogP contribution is 2.12. The van der Waals surface area contributed by atoms with Gasteiger partial charge in [-0.3, -0.25) is 9.59 Å². The molecule has 1 saturated heterocycles. The van der Waals surface area contributed by atoms with E-state index in [1.165, 1.54) is 12.1 Å². The van der Waals surface area contributed by atoms with Gasteiger partial charge >= 0.3 is 0 Å². The lowest BCUT2D eigenvalue weighted by Crippen LogP contribution is -2.50. The van der Waals surface area contributed by atoms with Gasteiger partial charge in [0.1, 0.15) is 11.9 Å². The van der Waals surface area contributed by atoms with Crippen molar-refractivity contribution in [2.45, 2.75) is 18.9 Å². The maximum absolute atomic E-state index is 13.5. The number of nitrogens with two attached hydrogens (primary N) is 1. The van der Waals surface area contributed by atoms with Gasteiger partial charge in [0.15, 0.2) is 0 Å². The molecule has 1 aromatic carbocycles. The summed E-state index contributed by atoms with van der Waals surface area (Å²) in [6.45, 7) is 0.613. The summed E-state index contributed by atoms with van der Waals surface area (Å²) in [4.78, 5) is 23.3. The molecule has 0 aromatic heterocycles. The van der Waals surface area contributed by atoms with E-state index in [-0.39, 0.29) is 17.2 Å². The molecule has 0 bridgehead atoms. The van der Waals surface area contributed by atoms with Crippen LogP contribution in [-0.4, -0.2) is 24.4 Å². The fourth-order valence-corrected chi connectivity index (χ4v) is 1.86. The van der Waals surface area contributed by atoms with Crippen LogP contribution in [0.1, 0.15) is 23.2 Å². The van der Waals surface area contributed by atoms with Crippen LogP contribution in [0.25, 0.3) is 0 Å². The third-order valence-electron chi connectivity index (χ3n) is 2.83. The molecule has 4 N–H and O–H groups in total. The van der Waals surface area contributed by atoms with E-state index in [4.69, 9.17) is 5.73 Å². The Balaban J connectivity index is 2.09. The molecule has 1 aliphatic rings. The van der Waals surface area contributed by atoms with Gasteiger partial charge in [-0.1, -0.05) is 0 Å². The first kappa shape index (κ1) is 12.3. The van der Waals surface area contributed by atoms with Gasteiger partial charge in [-0.2, -0.15) is 0 Å². The zero-order chi connectivity index (χ0) is 13.1. The number of hydrogen-bond donors (Lipinski definition) is 3. The highest BCUT2D eigenvalue weighted by molar-refractivity contribution is 5.98. The number of rotatable bonds is 2. The molecule has 0 aliphatic carbocycles. The van der Waals surface area contributed by atoms with E-state index >= 15 is 0 Å². The van der Waals surface area contributed by atoms with Crippen LogP contribution < -0.4 is 16.4 Å². The Kier molecular flexibility index (Phi) is 3.45. The first-order valence-electron chi connectivity index (χ1n) is 5.71. The molecule has 1 unspecified atom stereocenters. The highest BCUT2D eigenvalue weighted by atomic mass is 19.1. The smallest absolute Gasteiger partial charge is 0.254 e. The van der Waals surface area contributed by atoms with Crippen molar-refractivity contribution in [3.8, 4) is 0 Å². The quantitative estimate of drug-likeness (QED) is 0.666.